The number of aliphatic hydroxyl groups excluding tert-OH is 1. The van der Waals surface area contributed by atoms with Gasteiger partial charge < -0.3 is 30.0 Å². The van der Waals surface area contributed by atoms with E-state index in [9.17, 15) is 14.7 Å². The fourth-order valence-corrected chi connectivity index (χ4v) is 3.37. The average molecular weight is 473 g/mol. The molecule has 8 heteroatoms. The molecule has 0 saturated heterocycles. The van der Waals surface area contributed by atoms with Crippen molar-refractivity contribution in [1.29, 1.82) is 0 Å². The molecular formula is C26H36N2O6. The van der Waals surface area contributed by atoms with Crippen LogP contribution in [0.15, 0.2) is 35.9 Å². The van der Waals surface area contributed by atoms with E-state index in [1.54, 1.807) is 58.9 Å². The van der Waals surface area contributed by atoms with Crippen LogP contribution in [0.3, 0.4) is 0 Å². The zero-order valence-corrected chi connectivity index (χ0v) is 20.9. The Morgan fingerprint density at radius 1 is 1.15 bits per heavy atom. The van der Waals surface area contributed by atoms with Gasteiger partial charge in [-0.3, -0.25) is 4.79 Å². The van der Waals surface area contributed by atoms with E-state index in [1.165, 1.54) is 7.11 Å². The molecule has 0 fully saturated rings. The summed E-state index contributed by atoms with van der Waals surface area (Å²) in [5.74, 6) is 6.25. The van der Waals surface area contributed by atoms with Gasteiger partial charge in [0, 0.05) is 12.7 Å². The molecule has 34 heavy (non-hydrogen) atoms. The molecule has 0 bridgehead atoms. The van der Waals surface area contributed by atoms with Crippen molar-refractivity contribution in [3.8, 4) is 17.6 Å². The number of carbonyl (C=O) groups is 2. The van der Waals surface area contributed by atoms with Crippen molar-refractivity contribution in [2.24, 2.45) is 0 Å². The predicted molar refractivity (Wildman–Crippen MR) is 129 cm³/mol. The van der Waals surface area contributed by atoms with Gasteiger partial charge >= 0.3 is 6.09 Å². The Bertz CT molecular complexity index is 935. The third kappa shape index (κ3) is 8.73. The fourth-order valence-electron chi connectivity index (χ4n) is 3.37. The van der Waals surface area contributed by atoms with Gasteiger partial charge in [0.25, 0.3) is 5.91 Å². The van der Waals surface area contributed by atoms with E-state index in [0.29, 0.717) is 11.3 Å². The normalized spacial score (nSPS) is 15.3. The van der Waals surface area contributed by atoms with Crippen LogP contribution < -0.4 is 15.4 Å². The highest BCUT2D eigenvalue weighted by atomic mass is 16.6. The Balaban J connectivity index is 2.00. The number of nitrogens with one attached hydrogen (secondary N) is 2. The molecule has 2 rings (SSSR count). The van der Waals surface area contributed by atoms with E-state index in [4.69, 9.17) is 14.2 Å². The van der Waals surface area contributed by atoms with E-state index in [0.717, 1.165) is 24.8 Å². The largest absolute Gasteiger partial charge is 0.481 e. The SMILES string of the molecule is COC(O)C(NC(=O)c1ccc(OCC#CC2=CCCC2)cc1)C(C)(C)NC(=O)OC(C)(C)C. The van der Waals surface area contributed by atoms with Gasteiger partial charge in [0.05, 0.1) is 5.54 Å². The summed E-state index contributed by atoms with van der Waals surface area (Å²) in [4.78, 5) is 25.1. The molecule has 1 aromatic carbocycles. The van der Waals surface area contributed by atoms with Crippen molar-refractivity contribution in [3.63, 3.8) is 0 Å². The van der Waals surface area contributed by atoms with Crippen LogP contribution in [0.5, 0.6) is 5.75 Å². The van der Waals surface area contributed by atoms with Crippen molar-refractivity contribution in [2.75, 3.05) is 13.7 Å². The minimum Gasteiger partial charge on any atom is -0.481 e. The van der Waals surface area contributed by atoms with Gasteiger partial charge in [-0.1, -0.05) is 17.9 Å². The zero-order valence-electron chi connectivity index (χ0n) is 20.9. The van der Waals surface area contributed by atoms with Gasteiger partial charge in [-0.15, -0.1) is 0 Å². The summed E-state index contributed by atoms with van der Waals surface area (Å²) >= 11 is 0. The molecule has 0 radical (unpaired) electrons. The molecule has 186 valence electrons. The van der Waals surface area contributed by atoms with Crippen molar-refractivity contribution in [1.82, 2.24) is 10.6 Å². The molecule has 0 heterocycles. The van der Waals surface area contributed by atoms with Gasteiger partial charge in [-0.25, -0.2) is 4.79 Å². The highest BCUT2D eigenvalue weighted by Gasteiger charge is 2.39. The van der Waals surface area contributed by atoms with Crippen LogP contribution in [0.25, 0.3) is 0 Å². The maximum Gasteiger partial charge on any atom is 0.408 e. The lowest BCUT2D eigenvalue weighted by molar-refractivity contribution is -0.110. The quantitative estimate of drug-likeness (QED) is 0.395. The summed E-state index contributed by atoms with van der Waals surface area (Å²) in [6.07, 6.45) is 3.38. The lowest BCUT2D eigenvalue weighted by Crippen LogP contribution is -2.64. The summed E-state index contributed by atoms with van der Waals surface area (Å²) in [6, 6.07) is 5.62. The number of alkyl carbamates (subject to hydrolysis) is 1. The fraction of sp³-hybridized carbons (Fsp3) is 0.538. The molecule has 0 aromatic heterocycles. The van der Waals surface area contributed by atoms with Crippen LogP contribution >= 0.6 is 0 Å². The monoisotopic (exact) mass is 472 g/mol. The number of aliphatic hydroxyl groups is 1. The number of methoxy groups -OCH3 is 1. The number of carbonyl (C=O) groups excluding carboxylic acids is 2. The zero-order chi connectivity index (χ0) is 25.4. The second-order valence-electron chi connectivity index (χ2n) is 9.66. The summed E-state index contributed by atoms with van der Waals surface area (Å²) in [5.41, 5.74) is -0.269. The lowest BCUT2D eigenvalue weighted by Gasteiger charge is -2.38. The highest BCUT2D eigenvalue weighted by Crippen LogP contribution is 2.18. The van der Waals surface area contributed by atoms with Crippen LogP contribution in [0.4, 0.5) is 4.79 Å². The first-order chi connectivity index (χ1) is 15.9. The Morgan fingerprint density at radius 3 is 2.38 bits per heavy atom. The minimum absolute atomic E-state index is 0.259. The Kier molecular flexibility index (Phi) is 9.54. The summed E-state index contributed by atoms with van der Waals surface area (Å²) in [7, 11) is 1.31. The Labute approximate surface area is 202 Å². The van der Waals surface area contributed by atoms with E-state index in [2.05, 4.69) is 28.6 Å². The highest BCUT2D eigenvalue weighted by molar-refractivity contribution is 5.94. The van der Waals surface area contributed by atoms with Crippen molar-refractivity contribution >= 4 is 12.0 Å². The standard InChI is InChI=1S/C26H36N2O6/c1-25(2,3)34-24(31)28-26(4,5)21(23(30)32-6)27-22(29)19-13-15-20(16-14-19)33-17-9-12-18-10-7-8-11-18/h10,13-16,21,23,30H,7-8,11,17H2,1-6H3,(H,27,29)(H,28,31). The van der Waals surface area contributed by atoms with Crippen LogP contribution in [-0.2, 0) is 9.47 Å². The van der Waals surface area contributed by atoms with E-state index < -0.39 is 35.5 Å². The van der Waals surface area contributed by atoms with Gasteiger partial charge in [0.1, 0.15) is 24.0 Å². The molecule has 3 N–H and O–H groups in total. The lowest BCUT2D eigenvalue weighted by atomic mass is 9.93. The van der Waals surface area contributed by atoms with Crippen molar-refractivity contribution < 1.29 is 28.9 Å². The van der Waals surface area contributed by atoms with E-state index in [1.807, 2.05) is 0 Å². The number of benzene rings is 1. The molecule has 1 aromatic rings. The van der Waals surface area contributed by atoms with Crippen LogP contribution in [0, 0.1) is 11.8 Å². The van der Waals surface area contributed by atoms with Crippen LogP contribution in [0.2, 0.25) is 0 Å². The molecule has 0 spiro atoms. The first-order valence-electron chi connectivity index (χ1n) is 11.3. The second-order valence-corrected chi connectivity index (χ2v) is 9.66. The van der Waals surface area contributed by atoms with Gasteiger partial charge in [-0.2, -0.15) is 0 Å². The van der Waals surface area contributed by atoms with Gasteiger partial charge in [-0.05, 0) is 83.7 Å². The van der Waals surface area contributed by atoms with Gasteiger partial charge in [0.2, 0.25) is 0 Å². The predicted octanol–water partition coefficient (Wildman–Crippen LogP) is 3.55. The summed E-state index contributed by atoms with van der Waals surface area (Å²) < 4.78 is 16.0. The maximum absolute atomic E-state index is 12.9. The van der Waals surface area contributed by atoms with E-state index >= 15 is 0 Å². The molecule has 0 aliphatic heterocycles. The molecule has 1 aliphatic carbocycles. The van der Waals surface area contributed by atoms with Crippen molar-refractivity contribution in [2.45, 2.75) is 77.4 Å². The molecule has 2 amide bonds. The molecule has 1 aliphatic rings. The number of amides is 2. The number of allylic oxidation sites excluding steroid dienone is 2. The summed E-state index contributed by atoms with van der Waals surface area (Å²) in [6.45, 7) is 8.81. The van der Waals surface area contributed by atoms with Crippen LogP contribution in [0.1, 0.15) is 64.2 Å². The first kappa shape index (κ1) is 27.2. The topological polar surface area (TPSA) is 106 Å². The van der Waals surface area contributed by atoms with Crippen molar-refractivity contribution in [3.05, 3.63) is 41.5 Å². The smallest absolute Gasteiger partial charge is 0.408 e. The first-order valence-corrected chi connectivity index (χ1v) is 11.3. The molecule has 8 nitrogen and oxygen atoms in total. The Morgan fingerprint density at radius 2 is 1.82 bits per heavy atom. The number of hydrogen-bond donors (Lipinski definition) is 3. The molecule has 2 atom stereocenters. The maximum atomic E-state index is 12.9. The third-order valence-corrected chi connectivity index (χ3v) is 5.13. The molecule has 0 saturated carbocycles. The number of ether oxygens (including phenoxy) is 3. The summed E-state index contributed by atoms with van der Waals surface area (Å²) in [5, 5.41) is 15.8. The van der Waals surface area contributed by atoms with Crippen LogP contribution in [-0.4, -0.2) is 54.3 Å². The average Bonchev–Trinajstić information content (AvgIpc) is 3.26. The second kappa shape index (κ2) is 11.9. The third-order valence-electron chi connectivity index (χ3n) is 5.13. The minimum atomic E-state index is -1.37. The Hall–Kier alpha value is -3.02. The molecule has 2 unspecified atom stereocenters. The number of rotatable bonds is 8. The molecular weight excluding hydrogens is 436 g/mol. The van der Waals surface area contributed by atoms with Gasteiger partial charge in [0.15, 0.2) is 6.29 Å². The number of hydrogen-bond acceptors (Lipinski definition) is 6. The van der Waals surface area contributed by atoms with E-state index in [-0.39, 0.29) is 6.61 Å².